The Bertz CT molecular complexity index is 535. The zero-order valence-electron chi connectivity index (χ0n) is 9.97. The molecule has 2 N–H and O–H groups in total. The predicted molar refractivity (Wildman–Crippen MR) is 73.8 cm³/mol. The number of nitrogens with two attached hydrogens (primary N) is 1. The Kier molecular flexibility index (Phi) is 2.92. The molecular formula is C14H15ClN2O. The fourth-order valence-electron chi connectivity index (χ4n) is 2.15. The van der Waals surface area contributed by atoms with Crippen LogP contribution in [0.4, 0.5) is 11.4 Å². The summed E-state index contributed by atoms with van der Waals surface area (Å²) < 4.78 is 5.42. The van der Waals surface area contributed by atoms with E-state index < -0.39 is 0 Å². The number of halogens is 1. The largest absolute Gasteiger partial charge is 0.467 e. The van der Waals surface area contributed by atoms with E-state index in [9.17, 15) is 0 Å². The number of anilines is 2. The van der Waals surface area contributed by atoms with E-state index in [1.165, 1.54) is 12.8 Å². The number of rotatable bonds is 4. The number of nitrogen functional groups attached to an aromatic ring is 1. The molecular weight excluding hydrogens is 248 g/mol. The second-order valence-corrected chi connectivity index (χ2v) is 5.08. The highest BCUT2D eigenvalue weighted by atomic mass is 35.5. The highest BCUT2D eigenvalue weighted by molar-refractivity contribution is 6.31. The third-order valence-electron chi connectivity index (χ3n) is 3.19. The van der Waals surface area contributed by atoms with Gasteiger partial charge in [0, 0.05) is 11.1 Å². The maximum atomic E-state index is 6.06. The normalized spacial score (nSPS) is 14.7. The minimum atomic E-state index is 0.568. The van der Waals surface area contributed by atoms with Crippen LogP contribution in [0, 0.1) is 0 Å². The topological polar surface area (TPSA) is 42.4 Å². The second-order valence-electron chi connectivity index (χ2n) is 4.64. The molecule has 0 aliphatic heterocycles. The SMILES string of the molecule is Nc1cc(Cl)ccc1N(Cc1ccco1)C1CC1. The van der Waals surface area contributed by atoms with Crippen molar-refractivity contribution in [2.75, 3.05) is 10.6 Å². The lowest BCUT2D eigenvalue weighted by atomic mass is 10.2. The molecule has 0 saturated heterocycles. The number of hydrogen-bond acceptors (Lipinski definition) is 3. The molecule has 2 aromatic rings. The Hall–Kier alpha value is -1.61. The van der Waals surface area contributed by atoms with Gasteiger partial charge < -0.3 is 15.1 Å². The molecule has 1 aliphatic carbocycles. The molecule has 18 heavy (non-hydrogen) atoms. The standard InChI is InChI=1S/C14H15ClN2O/c15-10-3-6-14(13(16)8-10)17(11-4-5-11)9-12-2-1-7-18-12/h1-3,6-8,11H,4-5,9,16H2. The Balaban J connectivity index is 1.89. The molecule has 4 heteroatoms. The van der Waals surface area contributed by atoms with Gasteiger partial charge >= 0.3 is 0 Å². The molecule has 1 saturated carbocycles. The van der Waals surface area contributed by atoms with Gasteiger partial charge in [-0.2, -0.15) is 0 Å². The van der Waals surface area contributed by atoms with Gasteiger partial charge in [0.05, 0.1) is 24.2 Å². The summed E-state index contributed by atoms with van der Waals surface area (Å²) in [4.78, 5) is 2.30. The number of hydrogen-bond donors (Lipinski definition) is 1. The number of nitrogens with zero attached hydrogens (tertiary/aromatic N) is 1. The summed E-state index contributed by atoms with van der Waals surface area (Å²) in [5.41, 5.74) is 7.82. The molecule has 3 rings (SSSR count). The van der Waals surface area contributed by atoms with Gasteiger partial charge in [0.2, 0.25) is 0 Å². The van der Waals surface area contributed by atoms with Crippen molar-refractivity contribution in [3.8, 4) is 0 Å². The van der Waals surface area contributed by atoms with Crippen LogP contribution in [0.1, 0.15) is 18.6 Å². The monoisotopic (exact) mass is 262 g/mol. The summed E-state index contributed by atoms with van der Waals surface area (Å²) in [6.07, 6.45) is 4.12. The predicted octanol–water partition coefficient (Wildman–Crippen LogP) is 3.68. The van der Waals surface area contributed by atoms with Crippen LogP contribution in [0.5, 0.6) is 0 Å². The lowest BCUT2D eigenvalue weighted by Gasteiger charge is -2.25. The molecule has 0 amide bonds. The summed E-state index contributed by atoms with van der Waals surface area (Å²) in [7, 11) is 0. The molecule has 1 aliphatic rings. The lowest BCUT2D eigenvalue weighted by molar-refractivity contribution is 0.501. The van der Waals surface area contributed by atoms with Crippen molar-refractivity contribution in [3.63, 3.8) is 0 Å². The van der Waals surface area contributed by atoms with Crippen LogP contribution in [0.2, 0.25) is 5.02 Å². The van der Waals surface area contributed by atoms with Crippen molar-refractivity contribution in [2.24, 2.45) is 0 Å². The van der Waals surface area contributed by atoms with Gasteiger partial charge in [0.25, 0.3) is 0 Å². The molecule has 1 aromatic carbocycles. The molecule has 0 unspecified atom stereocenters. The van der Waals surface area contributed by atoms with E-state index >= 15 is 0 Å². The third-order valence-corrected chi connectivity index (χ3v) is 3.43. The van der Waals surface area contributed by atoms with Crippen LogP contribution in [0.25, 0.3) is 0 Å². The Morgan fingerprint density at radius 3 is 2.78 bits per heavy atom. The fraction of sp³-hybridized carbons (Fsp3) is 0.286. The van der Waals surface area contributed by atoms with Crippen molar-refractivity contribution < 1.29 is 4.42 Å². The van der Waals surface area contributed by atoms with E-state index in [1.807, 2.05) is 24.3 Å². The summed E-state index contributed by atoms with van der Waals surface area (Å²) >= 11 is 5.94. The molecule has 1 fully saturated rings. The van der Waals surface area contributed by atoms with E-state index in [-0.39, 0.29) is 0 Å². The smallest absolute Gasteiger partial charge is 0.123 e. The first-order chi connectivity index (χ1) is 8.74. The molecule has 94 valence electrons. The van der Waals surface area contributed by atoms with E-state index in [1.54, 1.807) is 12.3 Å². The molecule has 3 nitrogen and oxygen atoms in total. The Labute approximate surface area is 111 Å². The van der Waals surface area contributed by atoms with Gasteiger partial charge in [0.15, 0.2) is 0 Å². The summed E-state index contributed by atoms with van der Waals surface area (Å²) in [5.74, 6) is 0.955. The van der Waals surface area contributed by atoms with Crippen LogP contribution < -0.4 is 10.6 Å². The number of furan rings is 1. The molecule has 0 radical (unpaired) electrons. The Morgan fingerprint density at radius 2 is 2.17 bits per heavy atom. The molecule has 1 aromatic heterocycles. The van der Waals surface area contributed by atoms with Crippen LogP contribution >= 0.6 is 11.6 Å². The second kappa shape index (κ2) is 4.58. The lowest BCUT2D eigenvalue weighted by Crippen LogP contribution is -2.25. The van der Waals surface area contributed by atoms with E-state index in [0.717, 1.165) is 23.7 Å². The van der Waals surface area contributed by atoms with Crippen molar-refractivity contribution >= 4 is 23.0 Å². The average Bonchev–Trinajstić information content (AvgIpc) is 3.05. The molecule has 0 bridgehead atoms. The first kappa shape index (κ1) is 11.5. The Morgan fingerprint density at radius 1 is 1.33 bits per heavy atom. The van der Waals surface area contributed by atoms with Crippen LogP contribution in [0.15, 0.2) is 41.0 Å². The quantitative estimate of drug-likeness (QED) is 0.855. The average molecular weight is 263 g/mol. The molecule has 0 atom stereocenters. The highest BCUT2D eigenvalue weighted by Crippen LogP contribution is 2.37. The number of benzene rings is 1. The van der Waals surface area contributed by atoms with Crippen molar-refractivity contribution in [2.45, 2.75) is 25.4 Å². The minimum absolute atomic E-state index is 0.568. The van der Waals surface area contributed by atoms with Gasteiger partial charge in [-0.15, -0.1) is 0 Å². The first-order valence-electron chi connectivity index (χ1n) is 6.08. The molecule has 0 spiro atoms. The van der Waals surface area contributed by atoms with Crippen LogP contribution in [-0.4, -0.2) is 6.04 Å². The van der Waals surface area contributed by atoms with Crippen LogP contribution in [0.3, 0.4) is 0 Å². The summed E-state index contributed by atoms with van der Waals surface area (Å²) in [6.45, 7) is 0.753. The van der Waals surface area contributed by atoms with E-state index in [4.69, 9.17) is 21.8 Å². The van der Waals surface area contributed by atoms with Gasteiger partial charge in [-0.25, -0.2) is 0 Å². The zero-order valence-corrected chi connectivity index (χ0v) is 10.7. The highest BCUT2D eigenvalue weighted by Gasteiger charge is 2.30. The van der Waals surface area contributed by atoms with Crippen molar-refractivity contribution in [3.05, 3.63) is 47.4 Å². The van der Waals surface area contributed by atoms with Gasteiger partial charge in [0.1, 0.15) is 5.76 Å². The van der Waals surface area contributed by atoms with Gasteiger partial charge in [-0.3, -0.25) is 0 Å². The molecule has 1 heterocycles. The summed E-state index contributed by atoms with van der Waals surface area (Å²) in [5, 5.41) is 0.671. The van der Waals surface area contributed by atoms with Gasteiger partial charge in [-0.1, -0.05) is 11.6 Å². The first-order valence-corrected chi connectivity index (χ1v) is 6.46. The zero-order chi connectivity index (χ0) is 12.5. The third kappa shape index (κ3) is 2.31. The van der Waals surface area contributed by atoms with Crippen molar-refractivity contribution in [1.82, 2.24) is 0 Å². The van der Waals surface area contributed by atoms with Gasteiger partial charge in [-0.05, 0) is 43.2 Å². The minimum Gasteiger partial charge on any atom is -0.467 e. The summed E-state index contributed by atoms with van der Waals surface area (Å²) in [6, 6.07) is 10.1. The van der Waals surface area contributed by atoms with E-state index in [2.05, 4.69) is 4.90 Å². The van der Waals surface area contributed by atoms with Crippen molar-refractivity contribution in [1.29, 1.82) is 0 Å². The maximum absolute atomic E-state index is 6.06. The maximum Gasteiger partial charge on any atom is 0.123 e. The van der Waals surface area contributed by atoms with Crippen LogP contribution in [-0.2, 0) is 6.54 Å². The van der Waals surface area contributed by atoms with E-state index in [0.29, 0.717) is 11.1 Å². The fourth-order valence-corrected chi connectivity index (χ4v) is 2.34.